The highest BCUT2D eigenvalue weighted by Gasteiger charge is 2.14. The van der Waals surface area contributed by atoms with Crippen molar-refractivity contribution in [2.24, 2.45) is 0 Å². The number of piperidine rings is 1. The van der Waals surface area contributed by atoms with Gasteiger partial charge in [0.2, 0.25) is 0 Å². The number of carbonyl (C=O) groups is 1. The average Bonchev–Trinajstić information content (AvgIpc) is 2.60. The number of hydrogen-bond acceptors (Lipinski definition) is 5. The minimum absolute atomic E-state index is 0.209. The lowest BCUT2D eigenvalue weighted by atomic mass is 10.1. The average molecular weight is 336 g/mol. The first-order chi connectivity index (χ1) is 11.6. The molecule has 2 amide bonds. The van der Waals surface area contributed by atoms with Crippen molar-refractivity contribution in [1.29, 1.82) is 0 Å². The molecule has 1 aliphatic heterocycles. The van der Waals surface area contributed by atoms with Gasteiger partial charge in [-0.3, -0.25) is 0 Å². The summed E-state index contributed by atoms with van der Waals surface area (Å²) in [6.07, 6.45) is 4.80. The van der Waals surface area contributed by atoms with Gasteiger partial charge in [0.1, 0.15) is 5.82 Å². The molecule has 0 unspecified atom stereocenters. The maximum absolute atomic E-state index is 12.1. The lowest BCUT2D eigenvalue weighted by molar-refractivity contribution is 0.0489. The minimum Gasteiger partial charge on any atom is -0.389 e. The molecule has 2 rings (SSSR count). The number of ether oxygens (including phenoxy) is 1. The van der Waals surface area contributed by atoms with Crippen LogP contribution in [0.4, 0.5) is 10.6 Å². The summed E-state index contributed by atoms with van der Waals surface area (Å²) in [6, 6.07) is 3.72. The number of nitrogens with zero attached hydrogens (tertiary/aromatic N) is 3. The van der Waals surface area contributed by atoms with E-state index in [1.54, 1.807) is 13.2 Å². The second kappa shape index (κ2) is 9.44. The molecule has 0 saturated carbocycles. The summed E-state index contributed by atoms with van der Waals surface area (Å²) < 4.78 is 4.86. The molecular formula is C17H28N4O3. The highest BCUT2D eigenvalue weighted by Crippen LogP contribution is 2.18. The summed E-state index contributed by atoms with van der Waals surface area (Å²) in [4.78, 5) is 20.3. The fourth-order valence-corrected chi connectivity index (χ4v) is 2.82. The molecule has 0 aromatic carbocycles. The van der Waals surface area contributed by atoms with Gasteiger partial charge in [0.15, 0.2) is 0 Å². The zero-order valence-corrected chi connectivity index (χ0v) is 14.6. The van der Waals surface area contributed by atoms with Crippen molar-refractivity contribution >= 4 is 11.8 Å². The standard InChI is InChI=1S/C17H28N4O3/c1-20(12-15(22)13-24-2)17(23)19-11-14-6-7-18-16(10-14)21-8-4-3-5-9-21/h6-7,10,15,22H,3-5,8-9,11-13H2,1-2H3,(H,19,23)/t15-/m0/s1. The summed E-state index contributed by atoms with van der Waals surface area (Å²) in [5.41, 5.74) is 1.02. The van der Waals surface area contributed by atoms with Crippen LogP contribution in [0.3, 0.4) is 0 Å². The van der Waals surface area contributed by atoms with E-state index in [-0.39, 0.29) is 19.2 Å². The highest BCUT2D eigenvalue weighted by molar-refractivity contribution is 5.73. The number of rotatable bonds is 7. The first-order valence-electron chi connectivity index (χ1n) is 8.46. The molecule has 1 atom stereocenters. The first kappa shape index (κ1) is 18.5. The quantitative estimate of drug-likeness (QED) is 0.783. The van der Waals surface area contributed by atoms with E-state index in [1.165, 1.54) is 31.3 Å². The Morgan fingerprint density at radius 1 is 1.46 bits per heavy atom. The number of aromatic nitrogens is 1. The number of anilines is 1. The number of likely N-dealkylation sites (N-methyl/N-ethyl adjacent to an activating group) is 1. The van der Waals surface area contributed by atoms with Crippen molar-refractivity contribution in [2.45, 2.75) is 31.9 Å². The second-order valence-corrected chi connectivity index (χ2v) is 6.22. The molecular weight excluding hydrogens is 308 g/mol. The normalized spacial score (nSPS) is 15.9. The molecule has 1 aromatic heterocycles. The highest BCUT2D eigenvalue weighted by atomic mass is 16.5. The number of hydrogen-bond donors (Lipinski definition) is 2. The van der Waals surface area contributed by atoms with Crippen molar-refractivity contribution in [3.05, 3.63) is 23.9 Å². The number of urea groups is 1. The van der Waals surface area contributed by atoms with Crippen LogP contribution in [0.15, 0.2) is 18.3 Å². The molecule has 24 heavy (non-hydrogen) atoms. The van der Waals surface area contributed by atoms with Gasteiger partial charge in [-0.25, -0.2) is 9.78 Å². The maximum Gasteiger partial charge on any atom is 0.317 e. The number of methoxy groups -OCH3 is 1. The number of aliphatic hydroxyl groups is 1. The van der Waals surface area contributed by atoms with Crippen LogP contribution < -0.4 is 10.2 Å². The largest absolute Gasteiger partial charge is 0.389 e. The Balaban J connectivity index is 1.83. The number of amides is 2. The van der Waals surface area contributed by atoms with Crippen LogP contribution in [0.1, 0.15) is 24.8 Å². The Morgan fingerprint density at radius 2 is 2.21 bits per heavy atom. The van der Waals surface area contributed by atoms with Gasteiger partial charge < -0.3 is 25.0 Å². The van der Waals surface area contributed by atoms with Crippen molar-refractivity contribution in [1.82, 2.24) is 15.2 Å². The molecule has 134 valence electrons. The smallest absolute Gasteiger partial charge is 0.317 e. The summed E-state index contributed by atoms with van der Waals surface area (Å²) in [5.74, 6) is 0.977. The van der Waals surface area contributed by atoms with Gasteiger partial charge >= 0.3 is 6.03 Å². The molecule has 2 N–H and O–H groups in total. The Hall–Kier alpha value is -1.86. The van der Waals surface area contributed by atoms with Crippen LogP contribution >= 0.6 is 0 Å². The predicted octanol–water partition coefficient (Wildman–Crippen LogP) is 1.22. The van der Waals surface area contributed by atoms with Crippen molar-refractivity contribution in [3.63, 3.8) is 0 Å². The summed E-state index contributed by atoms with van der Waals surface area (Å²) in [5, 5.41) is 12.5. The van der Waals surface area contributed by atoms with E-state index in [0.717, 1.165) is 24.5 Å². The zero-order valence-electron chi connectivity index (χ0n) is 14.6. The molecule has 0 radical (unpaired) electrons. The predicted molar refractivity (Wildman–Crippen MR) is 93.0 cm³/mol. The SMILES string of the molecule is COC[C@@H](O)CN(C)C(=O)NCc1ccnc(N2CCCCC2)c1. The Bertz CT molecular complexity index is 520. The number of pyridine rings is 1. The third-order valence-corrected chi connectivity index (χ3v) is 4.12. The Kier molecular flexibility index (Phi) is 7.27. The van der Waals surface area contributed by atoms with E-state index in [2.05, 4.69) is 15.2 Å². The van der Waals surface area contributed by atoms with Crippen LogP contribution in [0.25, 0.3) is 0 Å². The van der Waals surface area contributed by atoms with E-state index in [1.807, 2.05) is 12.1 Å². The number of aliphatic hydroxyl groups excluding tert-OH is 1. The van der Waals surface area contributed by atoms with Crippen molar-refractivity contribution < 1.29 is 14.6 Å². The third-order valence-electron chi connectivity index (χ3n) is 4.12. The molecule has 1 aliphatic rings. The van der Waals surface area contributed by atoms with Crippen LogP contribution in [-0.2, 0) is 11.3 Å². The molecule has 2 heterocycles. The van der Waals surface area contributed by atoms with Crippen LogP contribution in [0.5, 0.6) is 0 Å². The molecule has 0 aliphatic carbocycles. The molecule has 1 saturated heterocycles. The van der Waals surface area contributed by atoms with Crippen molar-refractivity contribution in [3.8, 4) is 0 Å². The lowest BCUT2D eigenvalue weighted by Gasteiger charge is -2.28. The third kappa shape index (κ3) is 5.65. The maximum atomic E-state index is 12.1. The second-order valence-electron chi connectivity index (χ2n) is 6.22. The van der Waals surface area contributed by atoms with Crippen molar-refractivity contribution in [2.75, 3.05) is 45.3 Å². The van der Waals surface area contributed by atoms with Gasteiger partial charge in [-0.05, 0) is 37.0 Å². The van der Waals surface area contributed by atoms with E-state index in [0.29, 0.717) is 6.54 Å². The van der Waals surface area contributed by atoms with E-state index < -0.39 is 6.10 Å². The summed E-state index contributed by atoms with van der Waals surface area (Å²) in [6.45, 7) is 2.97. The molecule has 0 spiro atoms. The van der Waals surface area contributed by atoms with E-state index in [4.69, 9.17) is 4.74 Å². The monoisotopic (exact) mass is 336 g/mol. The van der Waals surface area contributed by atoms with Gasteiger partial charge in [-0.2, -0.15) is 0 Å². The summed E-state index contributed by atoms with van der Waals surface area (Å²) in [7, 11) is 3.17. The van der Waals surface area contributed by atoms with Gasteiger partial charge in [-0.1, -0.05) is 0 Å². The molecule has 1 fully saturated rings. The van der Waals surface area contributed by atoms with E-state index in [9.17, 15) is 9.90 Å². The zero-order chi connectivity index (χ0) is 17.4. The van der Waals surface area contributed by atoms with E-state index >= 15 is 0 Å². The molecule has 7 heteroatoms. The first-order valence-corrected chi connectivity index (χ1v) is 8.46. The lowest BCUT2D eigenvalue weighted by Crippen LogP contribution is -2.42. The van der Waals surface area contributed by atoms with Crippen LogP contribution in [0, 0.1) is 0 Å². The fraction of sp³-hybridized carbons (Fsp3) is 0.647. The Morgan fingerprint density at radius 3 is 2.92 bits per heavy atom. The number of carbonyl (C=O) groups excluding carboxylic acids is 1. The number of nitrogens with one attached hydrogen (secondary N) is 1. The van der Waals surface area contributed by atoms with Crippen LogP contribution in [-0.4, -0.2) is 67.5 Å². The van der Waals surface area contributed by atoms with Crippen LogP contribution in [0.2, 0.25) is 0 Å². The topological polar surface area (TPSA) is 77.9 Å². The molecule has 1 aromatic rings. The molecule has 7 nitrogen and oxygen atoms in total. The Labute approximate surface area is 143 Å². The minimum atomic E-state index is -0.683. The fourth-order valence-electron chi connectivity index (χ4n) is 2.82. The van der Waals surface area contributed by atoms with Gasteiger partial charge in [-0.15, -0.1) is 0 Å². The van der Waals surface area contributed by atoms with Gasteiger partial charge in [0.25, 0.3) is 0 Å². The summed E-state index contributed by atoms with van der Waals surface area (Å²) >= 11 is 0. The molecule has 0 bridgehead atoms. The van der Waals surface area contributed by atoms with Gasteiger partial charge in [0, 0.05) is 40.0 Å². The van der Waals surface area contributed by atoms with Gasteiger partial charge in [0.05, 0.1) is 19.3 Å².